The quantitative estimate of drug-likeness (QED) is 0.377. The third-order valence-corrected chi connectivity index (χ3v) is 1.33. The summed E-state index contributed by atoms with van der Waals surface area (Å²) in [5.74, 6) is -2.81. The van der Waals surface area contributed by atoms with Crippen molar-refractivity contribution in [1.82, 2.24) is 0 Å². The number of hydrogen-bond acceptors (Lipinski definition) is 6. The number of carboxylic acid groups (broad SMARTS) is 2. The van der Waals surface area contributed by atoms with Crippen LogP contribution in [0.3, 0.4) is 0 Å². The summed E-state index contributed by atoms with van der Waals surface area (Å²) in [5.41, 5.74) is -0.339. The van der Waals surface area contributed by atoms with Gasteiger partial charge >= 0.3 is 37.7 Å². The molecule has 0 heterocycles. The van der Waals surface area contributed by atoms with E-state index >= 15 is 0 Å². The Morgan fingerprint density at radius 3 is 1.67 bits per heavy atom. The van der Waals surface area contributed by atoms with Gasteiger partial charge in [0.25, 0.3) is 0 Å². The van der Waals surface area contributed by atoms with Gasteiger partial charge in [-0.3, -0.25) is 0 Å². The van der Waals surface area contributed by atoms with E-state index in [2.05, 4.69) is 12.9 Å². The minimum absolute atomic E-state index is 0. The molecule has 0 atom stereocenters. The molecule has 1 N–H and O–H groups in total. The Kier molecular flexibility index (Phi) is 10.3. The molecular weight excluding hydrogens is 248 g/mol. The number of carbonyl (C=O) groups excluding carboxylic acids is 2. The van der Waals surface area contributed by atoms with Crippen LogP contribution < -0.4 is 10.2 Å². The Bertz CT molecular complexity index is 312. The first kappa shape index (κ1) is 17.1. The Morgan fingerprint density at radius 1 is 1.07 bits per heavy atom. The molecule has 0 saturated heterocycles. The maximum absolute atomic E-state index is 10.3. The normalized spacial score (nSPS) is 7.87. The van der Waals surface area contributed by atoms with E-state index in [1.807, 2.05) is 0 Å². The van der Waals surface area contributed by atoms with E-state index in [9.17, 15) is 19.8 Å². The van der Waals surface area contributed by atoms with Crippen molar-refractivity contribution < 1.29 is 24.4 Å². The van der Waals surface area contributed by atoms with Crippen molar-refractivity contribution in [3.8, 4) is 0 Å². The number of benzene rings is 1. The third-order valence-electron chi connectivity index (χ3n) is 1.33. The van der Waals surface area contributed by atoms with Crippen LogP contribution in [0.15, 0.2) is 24.3 Å². The fourth-order valence-corrected chi connectivity index (χ4v) is 0.773. The van der Waals surface area contributed by atoms with Crippen molar-refractivity contribution in [1.29, 1.82) is 0 Å². The minimum Gasteiger partial charge on any atom is -0.545 e. The molecule has 0 aliphatic rings. The van der Waals surface area contributed by atoms with Gasteiger partial charge in [-0.25, -0.2) is 0 Å². The van der Waals surface area contributed by atoms with Gasteiger partial charge in [0.2, 0.25) is 0 Å². The van der Waals surface area contributed by atoms with E-state index in [-0.39, 0.29) is 48.9 Å². The Labute approximate surface area is 121 Å². The van der Waals surface area contributed by atoms with Crippen LogP contribution in [-0.4, -0.2) is 54.2 Å². The summed E-state index contributed by atoms with van der Waals surface area (Å²) in [7, 11) is 0. The Morgan fingerprint density at radius 2 is 1.40 bits per heavy atom. The molecule has 5 nitrogen and oxygen atoms in total. The van der Waals surface area contributed by atoms with Crippen LogP contribution in [0.5, 0.6) is 0 Å². The number of hydrogen-bond donors (Lipinski definition) is 2. The predicted molar refractivity (Wildman–Crippen MR) is 52.5 cm³/mol. The Hall–Kier alpha value is -0.270. The van der Waals surface area contributed by atoms with Gasteiger partial charge in [0, 0.05) is 0 Å². The molecule has 0 unspecified atom stereocenters. The van der Waals surface area contributed by atoms with Crippen molar-refractivity contribution in [2.45, 2.75) is 0 Å². The molecule has 76 valence electrons. The topological polar surface area (TPSA) is 100 Å². The van der Waals surface area contributed by atoms with Crippen LogP contribution in [0.4, 0.5) is 0 Å². The van der Waals surface area contributed by atoms with E-state index in [0.29, 0.717) is 0 Å². The first-order valence-electron chi connectivity index (χ1n) is 3.34. The molecule has 15 heavy (non-hydrogen) atoms. The van der Waals surface area contributed by atoms with Gasteiger partial charge in [0.1, 0.15) is 0 Å². The second-order valence-corrected chi connectivity index (χ2v) is 2.16. The zero-order chi connectivity index (χ0) is 11.1. The maximum Gasteiger partial charge on any atom is 2.00 e. The molecule has 0 radical (unpaired) electrons. The van der Waals surface area contributed by atoms with Crippen LogP contribution >= 0.6 is 12.9 Å². The second kappa shape index (κ2) is 8.99. The number of aromatic carboxylic acids is 2. The zero-order valence-electron chi connectivity index (χ0n) is 7.54. The minimum atomic E-state index is -1.40. The largest absolute Gasteiger partial charge is 2.00 e. The molecule has 0 amide bonds. The summed E-state index contributed by atoms with van der Waals surface area (Å²) < 4.78 is 6.69. The molecule has 0 fully saturated rings. The summed E-state index contributed by atoms with van der Waals surface area (Å²) in [6.07, 6.45) is 0. The molecule has 0 bridgehead atoms. The molecule has 0 spiro atoms. The summed E-state index contributed by atoms with van der Waals surface area (Å²) in [6.45, 7) is 0. The first-order valence-corrected chi connectivity index (χ1v) is 3.74. The smallest absolute Gasteiger partial charge is 0.545 e. The van der Waals surface area contributed by atoms with Crippen molar-refractivity contribution in [2.75, 3.05) is 0 Å². The molecule has 1 rings (SSSR count). The second-order valence-electron chi connectivity index (χ2n) is 2.16. The molecular formula is C8H6CaO5S. The molecule has 0 saturated carbocycles. The fraction of sp³-hybridized carbons (Fsp3) is 0. The number of carboxylic acids is 2. The van der Waals surface area contributed by atoms with Crippen molar-refractivity contribution in [3.63, 3.8) is 0 Å². The van der Waals surface area contributed by atoms with Crippen molar-refractivity contribution in [3.05, 3.63) is 35.4 Å². The predicted octanol–water partition coefficient (Wildman–Crippen LogP) is -1.58. The molecule has 0 aromatic heterocycles. The SMILES string of the molecule is O=C([O-])c1cccc(C(=O)[O-])c1.OS.[Ca+2]. The third kappa shape index (κ3) is 6.01. The summed E-state index contributed by atoms with van der Waals surface area (Å²) in [4.78, 5) is 20.5. The number of rotatable bonds is 2. The van der Waals surface area contributed by atoms with Gasteiger partial charge in [-0.1, -0.05) is 18.2 Å². The molecule has 1 aromatic carbocycles. The molecule has 7 heteroatoms. The summed E-state index contributed by atoms with van der Waals surface area (Å²) in [5, 5.41) is 20.5. The van der Waals surface area contributed by atoms with E-state index in [1.54, 1.807) is 0 Å². The van der Waals surface area contributed by atoms with E-state index in [1.165, 1.54) is 18.2 Å². The van der Waals surface area contributed by atoms with E-state index < -0.39 is 11.9 Å². The zero-order valence-corrected chi connectivity index (χ0v) is 10.6. The van der Waals surface area contributed by atoms with Crippen LogP contribution in [-0.2, 0) is 0 Å². The fourth-order valence-electron chi connectivity index (χ4n) is 0.773. The first-order chi connectivity index (χ1) is 6.61. The maximum atomic E-state index is 10.3. The van der Waals surface area contributed by atoms with Gasteiger partial charge < -0.3 is 24.4 Å². The molecule has 0 aliphatic heterocycles. The summed E-state index contributed by atoms with van der Waals surface area (Å²) >= 11 is 2.53. The molecule has 1 aromatic rings. The number of thiol groups is 1. The monoisotopic (exact) mass is 254 g/mol. The van der Waals surface area contributed by atoms with Gasteiger partial charge in [0.05, 0.1) is 11.9 Å². The standard InChI is InChI=1S/C8H6O4.Ca.H2OS/c9-7(10)5-2-1-3-6(4-5)8(11)12;;1-2/h1-4H,(H,9,10)(H,11,12);;1-2H/q;+2;/p-2. The van der Waals surface area contributed by atoms with Crippen LogP contribution in [0.2, 0.25) is 0 Å². The van der Waals surface area contributed by atoms with Crippen LogP contribution in [0.1, 0.15) is 20.7 Å². The van der Waals surface area contributed by atoms with Gasteiger partial charge in [-0.05, 0) is 30.1 Å². The van der Waals surface area contributed by atoms with Crippen LogP contribution in [0.25, 0.3) is 0 Å². The molecule has 0 aliphatic carbocycles. The van der Waals surface area contributed by atoms with E-state index in [0.717, 1.165) is 6.07 Å². The van der Waals surface area contributed by atoms with Crippen molar-refractivity contribution >= 4 is 62.6 Å². The van der Waals surface area contributed by atoms with Crippen molar-refractivity contribution in [2.24, 2.45) is 0 Å². The summed E-state index contributed by atoms with van der Waals surface area (Å²) in [6, 6.07) is 4.81. The van der Waals surface area contributed by atoms with Crippen LogP contribution in [0, 0.1) is 0 Å². The Balaban J connectivity index is 0. The average Bonchev–Trinajstić information content (AvgIpc) is 2.21. The van der Waals surface area contributed by atoms with Gasteiger partial charge in [0.15, 0.2) is 0 Å². The average molecular weight is 254 g/mol. The van der Waals surface area contributed by atoms with E-state index in [4.69, 9.17) is 4.55 Å². The number of carbonyl (C=O) groups is 2. The van der Waals surface area contributed by atoms with Gasteiger partial charge in [-0.2, -0.15) is 0 Å². The van der Waals surface area contributed by atoms with Gasteiger partial charge in [-0.15, -0.1) is 0 Å².